The fourth-order valence-corrected chi connectivity index (χ4v) is 3.80. The SMILES string of the molecule is CC1CC(=O)N(CC2(CS)CCCCCC2)C(=O)C1. The molecule has 0 N–H and O–H groups in total. The van der Waals surface area contributed by atoms with Crippen LogP contribution in [-0.2, 0) is 9.59 Å². The predicted molar refractivity (Wildman–Crippen MR) is 79.1 cm³/mol. The fourth-order valence-electron chi connectivity index (χ4n) is 3.38. The van der Waals surface area contributed by atoms with Crippen LogP contribution in [-0.4, -0.2) is 29.0 Å². The molecule has 1 heterocycles. The number of hydrogen-bond donors (Lipinski definition) is 1. The molecule has 0 unspecified atom stereocenters. The third kappa shape index (κ3) is 3.53. The first-order valence-corrected chi connectivity index (χ1v) is 8.14. The molecule has 3 nitrogen and oxygen atoms in total. The molecule has 4 heteroatoms. The van der Waals surface area contributed by atoms with Gasteiger partial charge in [0.15, 0.2) is 0 Å². The predicted octanol–water partition coefficient (Wildman–Crippen LogP) is 3.04. The van der Waals surface area contributed by atoms with Crippen LogP contribution in [0.1, 0.15) is 58.3 Å². The van der Waals surface area contributed by atoms with E-state index < -0.39 is 0 Å². The number of carbonyl (C=O) groups is 2. The van der Waals surface area contributed by atoms with Crippen molar-refractivity contribution in [1.29, 1.82) is 0 Å². The van der Waals surface area contributed by atoms with Gasteiger partial charge in [0.1, 0.15) is 0 Å². The molecule has 2 rings (SSSR count). The van der Waals surface area contributed by atoms with E-state index in [1.54, 1.807) is 0 Å². The summed E-state index contributed by atoms with van der Waals surface area (Å²) in [7, 11) is 0. The van der Waals surface area contributed by atoms with Crippen LogP contribution in [0.2, 0.25) is 0 Å². The summed E-state index contributed by atoms with van der Waals surface area (Å²) in [6.45, 7) is 2.58. The van der Waals surface area contributed by atoms with E-state index >= 15 is 0 Å². The average molecular weight is 283 g/mol. The van der Waals surface area contributed by atoms with Crippen LogP contribution in [0.25, 0.3) is 0 Å². The van der Waals surface area contributed by atoms with Crippen molar-refractivity contribution in [3.8, 4) is 0 Å². The molecular weight excluding hydrogens is 258 g/mol. The normalized spacial score (nSPS) is 25.5. The minimum Gasteiger partial charge on any atom is -0.282 e. The number of piperidine rings is 1. The van der Waals surface area contributed by atoms with Crippen molar-refractivity contribution in [1.82, 2.24) is 4.90 Å². The number of hydrogen-bond acceptors (Lipinski definition) is 3. The number of rotatable bonds is 3. The van der Waals surface area contributed by atoms with Crippen LogP contribution in [0.3, 0.4) is 0 Å². The highest BCUT2D eigenvalue weighted by atomic mass is 32.1. The van der Waals surface area contributed by atoms with Gasteiger partial charge in [-0.3, -0.25) is 14.5 Å². The highest BCUT2D eigenvalue weighted by Gasteiger charge is 2.38. The van der Waals surface area contributed by atoms with E-state index in [9.17, 15) is 9.59 Å². The second-order valence-electron chi connectivity index (χ2n) is 6.46. The van der Waals surface area contributed by atoms with Crippen molar-refractivity contribution in [3.63, 3.8) is 0 Å². The number of likely N-dealkylation sites (tertiary alicyclic amines) is 1. The number of thiol groups is 1. The van der Waals surface area contributed by atoms with Gasteiger partial charge in [0, 0.05) is 19.4 Å². The van der Waals surface area contributed by atoms with Gasteiger partial charge in [-0.1, -0.05) is 32.6 Å². The maximum atomic E-state index is 12.1. The van der Waals surface area contributed by atoms with Crippen LogP contribution in [0.15, 0.2) is 0 Å². The molecule has 0 aromatic rings. The van der Waals surface area contributed by atoms with Gasteiger partial charge in [-0.25, -0.2) is 0 Å². The van der Waals surface area contributed by atoms with Crippen molar-refractivity contribution < 1.29 is 9.59 Å². The third-order valence-corrected chi connectivity index (χ3v) is 5.31. The summed E-state index contributed by atoms with van der Waals surface area (Å²) in [5.41, 5.74) is 0.0610. The fraction of sp³-hybridized carbons (Fsp3) is 0.867. The van der Waals surface area contributed by atoms with Crippen molar-refractivity contribution in [3.05, 3.63) is 0 Å². The summed E-state index contributed by atoms with van der Waals surface area (Å²) in [5.74, 6) is 1.03. The van der Waals surface area contributed by atoms with E-state index in [1.807, 2.05) is 6.92 Å². The van der Waals surface area contributed by atoms with Crippen molar-refractivity contribution in [2.24, 2.45) is 11.3 Å². The number of amides is 2. The largest absolute Gasteiger partial charge is 0.282 e. The van der Waals surface area contributed by atoms with Crippen molar-refractivity contribution in [2.45, 2.75) is 58.3 Å². The van der Waals surface area contributed by atoms with E-state index in [1.165, 1.54) is 30.6 Å². The Labute approximate surface area is 121 Å². The Morgan fingerprint density at radius 3 is 2.11 bits per heavy atom. The van der Waals surface area contributed by atoms with Crippen molar-refractivity contribution >= 4 is 24.4 Å². The standard InChI is InChI=1S/C15H25NO2S/c1-12-8-13(17)16(14(18)9-12)10-15(11-19)6-4-2-3-5-7-15/h12,19H,2-11H2,1H3. The molecule has 2 aliphatic rings. The first-order valence-electron chi connectivity index (χ1n) is 7.50. The van der Waals surface area contributed by atoms with E-state index in [0.717, 1.165) is 18.6 Å². The molecule has 0 aromatic heterocycles. The average Bonchev–Trinajstić information content (AvgIpc) is 2.60. The Bertz CT molecular complexity index is 330. The Kier molecular flexibility index (Phi) is 4.93. The molecule has 2 amide bonds. The minimum absolute atomic E-state index is 0.0224. The summed E-state index contributed by atoms with van der Waals surface area (Å²) >= 11 is 4.52. The smallest absolute Gasteiger partial charge is 0.229 e. The maximum absolute atomic E-state index is 12.1. The number of imide groups is 1. The van der Waals surface area contributed by atoms with Gasteiger partial charge in [0.2, 0.25) is 11.8 Å². The summed E-state index contributed by atoms with van der Waals surface area (Å²) in [6.07, 6.45) is 8.19. The maximum Gasteiger partial charge on any atom is 0.229 e. The zero-order valence-electron chi connectivity index (χ0n) is 11.9. The van der Waals surface area contributed by atoms with Gasteiger partial charge in [0.05, 0.1) is 0 Å². The molecule has 1 aliphatic heterocycles. The van der Waals surface area contributed by atoms with Gasteiger partial charge in [-0.2, -0.15) is 12.6 Å². The van der Waals surface area contributed by atoms with Gasteiger partial charge < -0.3 is 0 Å². The Morgan fingerprint density at radius 1 is 1.11 bits per heavy atom. The lowest BCUT2D eigenvalue weighted by atomic mass is 9.81. The van der Waals surface area contributed by atoms with Crippen LogP contribution < -0.4 is 0 Å². The van der Waals surface area contributed by atoms with Gasteiger partial charge in [-0.05, 0) is 29.9 Å². The summed E-state index contributed by atoms with van der Waals surface area (Å²) in [6, 6.07) is 0. The second kappa shape index (κ2) is 6.29. The van der Waals surface area contributed by atoms with Crippen LogP contribution in [0.5, 0.6) is 0 Å². The summed E-state index contributed by atoms with van der Waals surface area (Å²) in [4.78, 5) is 25.8. The van der Waals surface area contributed by atoms with E-state index in [4.69, 9.17) is 0 Å². The lowest BCUT2D eigenvalue weighted by Crippen LogP contribution is -2.49. The number of carbonyl (C=O) groups excluding carboxylic acids is 2. The second-order valence-corrected chi connectivity index (χ2v) is 6.78. The Morgan fingerprint density at radius 2 is 1.63 bits per heavy atom. The van der Waals surface area contributed by atoms with E-state index in [-0.39, 0.29) is 23.1 Å². The molecule has 2 fully saturated rings. The molecule has 0 spiro atoms. The highest BCUT2D eigenvalue weighted by Crippen LogP contribution is 2.38. The molecule has 1 aliphatic carbocycles. The quantitative estimate of drug-likeness (QED) is 0.491. The topological polar surface area (TPSA) is 37.4 Å². The molecule has 108 valence electrons. The molecule has 0 atom stereocenters. The molecule has 0 aromatic carbocycles. The summed E-state index contributed by atoms with van der Waals surface area (Å²) < 4.78 is 0. The Hall–Kier alpha value is -0.510. The molecule has 1 saturated heterocycles. The monoisotopic (exact) mass is 283 g/mol. The first-order chi connectivity index (χ1) is 9.06. The van der Waals surface area contributed by atoms with E-state index in [2.05, 4.69) is 12.6 Å². The molecular formula is C15H25NO2S. The zero-order valence-corrected chi connectivity index (χ0v) is 12.8. The van der Waals surface area contributed by atoms with Gasteiger partial charge in [0.25, 0.3) is 0 Å². The van der Waals surface area contributed by atoms with Crippen LogP contribution in [0, 0.1) is 11.3 Å². The first kappa shape index (κ1) is 14.9. The molecule has 1 saturated carbocycles. The molecule has 0 bridgehead atoms. The zero-order chi connectivity index (χ0) is 13.9. The third-order valence-electron chi connectivity index (χ3n) is 4.64. The highest BCUT2D eigenvalue weighted by molar-refractivity contribution is 7.80. The van der Waals surface area contributed by atoms with Gasteiger partial charge in [-0.15, -0.1) is 0 Å². The number of nitrogens with zero attached hydrogens (tertiary/aromatic N) is 1. The van der Waals surface area contributed by atoms with Crippen LogP contribution >= 0.6 is 12.6 Å². The Balaban J connectivity index is 2.08. The summed E-state index contributed by atoms with van der Waals surface area (Å²) in [5, 5.41) is 0. The van der Waals surface area contributed by atoms with Crippen LogP contribution in [0.4, 0.5) is 0 Å². The van der Waals surface area contributed by atoms with E-state index in [0.29, 0.717) is 19.4 Å². The minimum atomic E-state index is 0.0224. The van der Waals surface area contributed by atoms with Gasteiger partial charge >= 0.3 is 0 Å². The lowest BCUT2D eigenvalue weighted by molar-refractivity contribution is -0.151. The van der Waals surface area contributed by atoms with Crippen molar-refractivity contribution in [2.75, 3.05) is 12.3 Å². The molecule has 19 heavy (non-hydrogen) atoms. The lowest BCUT2D eigenvalue weighted by Gasteiger charge is -2.38. The molecule has 0 radical (unpaired) electrons.